The number of nitrogens with zero attached hydrogens (tertiary/aromatic N) is 2. The van der Waals surface area contributed by atoms with Crippen LogP contribution in [0.15, 0.2) is 47.9 Å². The quantitative estimate of drug-likeness (QED) is 0.622. The van der Waals surface area contributed by atoms with E-state index in [1.54, 1.807) is 19.1 Å². The second-order valence-electron chi connectivity index (χ2n) is 3.94. The SMILES string of the molecule is Cc1ccc(SC(F)(F)C(F)(F)n2ccnc2)cc1. The summed E-state index contributed by atoms with van der Waals surface area (Å²) >= 11 is -0.172. The number of imidazole rings is 1. The summed E-state index contributed by atoms with van der Waals surface area (Å²) < 4.78 is 54.9. The van der Waals surface area contributed by atoms with Crippen LogP contribution in [0.1, 0.15) is 5.56 Å². The predicted octanol–water partition coefficient (Wildman–Crippen LogP) is 4.13. The lowest BCUT2D eigenvalue weighted by Gasteiger charge is -2.26. The molecule has 2 rings (SSSR count). The highest BCUT2D eigenvalue weighted by Gasteiger charge is 2.58. The van der Waals surface area contributed by atoms with E-state index in [2.05, 4.69) is 4.98 Å². The van der Waals surface area contributed by atoms with E-state index in [0.717, 1.165) is 18.0 Å². The van der Waals surface area contributed by atoms with Crippen molar-refractivity contribution in [3.63, 3.8) is 0 Å². The first-order valence-corrected chi connectivity index (χ1v) is 6.14. The number of halogens is 4. The molecule has 1 aromatic carbocycles. The molecule has 0 bridgehead atoms. The normalized spacial score (nSPS) is 12.7. The molecule has 102 valence electrons. The minimum absolute atomic E-state index is 0.0791. The smallest absolute Gasteiger partial charge is 0.272 e. The van der Waals surface area contributed by atoms with Gasteiger partial charge in [0.1, 0.15) is 0 Å². The van der Waals surface area contributed by atoms with E-state index < -0.39 is 11.3 Å². The van der Waals surface area contributed by atoms with Crippen LogP contribution >= 0.6 is 11.8 Å². The van der Waals surface area contributed by atoms with E-state index in [1.165, 1.54) is 12.1 Å². The molecule has 0 fully saturated rings. The zero-order valence-electron chi connectivity index (χ0n) is 9.86. The van der Waals surface area contributed by atoms with E-state index in [4.69, 9.17) is 0 Å². The maximum atomic E-state index is 13.7. The van der Waals surface area contributed by atoms with Gasteiger partial charge in [-0.05, 0) is 30.8 Å². The maximum absolute atomic E-state index is 13.7. The van der Waals surface area contributed by atoms with E-state index in [1.807, 2.05) is 0 Å². The van der Waals surface area contributed by atoms with Crippen LogP contribution in [-0.4, -0.2) is 14.8 Å². The second kappa shape index (κ2) is 4.88. The van der Waals surface area contributed by atoms with Crippen LogP contribution in [0.5, 0.6) is 0 Å². The fourth-order valence-corrected chi connectivity index (χ4v) is 2.19. The van der Waals surface area contributed by atoms with Gasteiger partial charge in [0.2, 0.25) is 0 Å². The molecule has 0 saturated carbocycles. The standard InChI is InChI=1S/C12H10F4N2S/c1-9-2-4-10(5-3-9)19-12(15,16)11(13,14)18-7-6-17-8-18/h2-8H,1H3. The summed E-state index contributed by atoms with van der Waals surface area (Å²) in [7, 11) is 0. The molecule has 0 radical (unpaired) electrons. The third-order valence-electron chi connectivity index (χ3n) is 2.45. The monoisotopic (exact) mass is 290 g/mol. The van der Waals surface area contributed by atoms with Crippen LogP contribution < -0.4 is 0 Å². The number of alkyl halides is 4. The number of aromatic nitrogens is 2. The Morgan fingerprint density at radius 3 is 2.26 bits per heavy atom. The van der Waals surface area contributed by atoms with Crippen molar-refractivity contribution in [1.82, 2.24) is 9.55 Å². The van der Waals surface area contributed by atoms with Crippen LogP contribution in [0.2, 0.25) is 0 Å². The molecule has 0 amide bonds. The predicted molar refractivity (Wildman–Crippen MR) is 64.4 cm³/mol. The first kappa shape index (κ1) is 13.9. The van der Waals surface area contributed by atoms with Gasteiger partial charge in [-0.3, -0.25) is 4.57 Å². The van der Waals surface area contributed by atoms with Crippen LogP contribution in [0, 0.1) is 6.92 Å². The fraction of sp³-hybridized carbons (Fsp3) is 0.250. The second-order valence-corrected chi connectivity index (χ2v) is 5.13. The summed E-state index contributed by atoms with van der Waals surface area (Å²) in [6.07, 6.45) is 2.51. The highest BCUT2D eigenvalue weighted by Crippen LogP contribution is 2.49. The summed E-state index contributed by atoms with van der Waals surface area (Å²) in [5.41, 5.74) is 0.869. The topological polar surface area (TPSA) is 17.8 Å². The lowest BCUT2D eigenvalue weighted by molar-refractivity contribution is -0.210. The minimum Gasteiger partial charge on any atom is -0.272 e. The van der Waals surface area contributed by atoms with Gasteiger partial charge in [-0.2, -0.15) is 17.6 Å². The van der Waals surface area contributed by atoms with Gasteiger partial charge >= 0.3 is 11.3 Å². The van der Waals surface area contributed by atoms with Gasteiger partial charge in [-0.25, -0.2) is 4.98 Å². The Balaban J connectivity index is 2.24. The molecule has 2 aromatic rings. The summed E-state index contributed by atoms with van der Waals surface area (Å²) in [5, 5.41) is -4.27. The Labute approximate surface area is 111 Å². The van der Waals surface area contributed by atoms with Crippen molar-refractivity contribution in [1.29, 1.82) is 0 Å². The Morgan fingerprint density at radius 2 is 1.74 bits per heavy atom. The first-order valence-electron chi connectivity index (χ1n) is 5.33. The molecular formula is C12H10F4N2S. The molecule has 7 heteroatoms. The van der Waals surface area contributed by atoms with Gasteiger partial charge in [-0.1, -0.05) is 17.7 Å². The summed E-state index contributed by atoms with van der Waals surface area (Å²) in [5.74, 6) is 0. The molecular weight excluding hydrogens is 280 g/mol. The number of thioether (sulfide) groups is 1. The molecule has 0 N–H and O–H groups in total. The lowest BCUT2D eigenvalue weighted by Crippen LogP contribution is -2.39. The van der Waals surface area contributed by atoms with Gasteiger partial charge in [0.15, 0.2) is 0 Å². The van der Waals surface area contributed by atoms with E-state index in [-0.39, 0.29) is 21.2 Å². The van der Waals surface area contributed by atoms with Crippen LogP contribution in [0.25, 0.3) is 0 Å². The third kappa shape index (κ3) is 2.75. The Kier molecular flexibility index (Phi) is 3.58. The van der Waals surface area contributed by atoms with Gasteiger partial charge in [-0.15, -0.1) is 0 Å². The van der Waals surface area contributed by atoms with Crippen molar-refractivity contribution in [3.8, 4) is 0 Å². The van der Waals surface area contributed by atoms with E-state index in [0.29, 0.717) is 6.33 Å². The van der Waals surface area contributed by atoms with Gasteiger partial charge in [0.05, 0.1) is 6.33 Å². The van der Waals surface area contributed by atoms with E-state index >= 15 is 0 Å². The zero-order valence-corrected chi connectivity index (χ0v) is 10.7. The van der Waals surface area contributed by atoms with Crippen molar-refractivity contribution in [2.75, 3.05) is 0 Å². The van der Waals surface area contributed by atoms with Gasteiger partial charge in [0, 0.05) is 17.3 Å². The molecule has 2 nitrogen and oxygen atoms in total. The third-order valence-corrected chi connectivity index (χ3v) is 3.46. The van der Waals surface area contributed by atoms with E-state index in [9.17, 15) is 17.6 Å². The Bertz CT molecular complexity index is 537. The molecule has 0 aliphatic carbocycles. The van der Waals surface area contributed by atoms with Crippen molar-refractivity contribution in [3.05, 3.63) is 48.5 Å². The van der Waals surface area contributed by atoms with Crippen molar-refractivity contribution >= 4 is 11.8 Å². The molecule has 0 unspecified atom stereocenters. The molecule has 0 saturated heterocycles. The number of hydrogen-bond acceptors (Lipinski definition) is 2. The van der Waals surface area contributed by atoms with Crippen molar-refractivity contribution in [2.45, 2.75) is 23.1 Å². The molecule has 0 atom stereocenters. The number of rotatable bonds is 4. The van der Waals surface area contributed by atoms with Gasteiger partial charge in [0.25, 0.3) is 0 Å². The van der Waals surface area contributed by atoms with Gasteiger partial charge < -0.3 is 0 Å². The molecule has 0 aliphatic heterocycles. The summed E-state index contributed by atoms with van der Waals surface area (Å²) in [6.45, 7) is 1.78. The number of aryl methyl sites for hydroxylation is 1. The average molecular weight is 290 g/mol. The Hall–Kier alpha value is -1.50. The van der Waals surface area contributed by atoms with Crippen LogP contribution in [0.3, 0.4) is 0 Å². The molecule has 19 heavy (non-hydrogen) atoms. The highest BCUT2D eigenvalue weighted by atomic mass is 32.2. The summed E-state index contributed by atoms with van der Waals surface area (Å²) in [6, 6.07) is 1.61. The molecule has 0 aliphatic rings. The molecule has 1 aromatic heterocycles. The number of benzene rings is 1. The number of hydrogen-bond donors (Lipinski definition) is 0. The summed E-state index contributed by atoms with van der Waals surface area (Å²) in [4.78, 5) is 3.44. The maximum Gasteiger partial charge on any atom is 0.403 e. The highest BCUT2D eigenvalue weighted by molar-refractivity contribution is 8.00. The van der Waals surface area contributed by atoms with Crippen molar-refractivity contribution < 1.29 is 17.6 Å². The zero-order chi connectivity index (χ0) is 14.1. The minimum atomic E-state index is -4.35. The first-order chi connectivity index (χ1) is 8.83. The van der Waals surface area contributed by atoms with Crippen molar-refractivity contribution in [2.24, 2.45) is 0 Å². The van der Waals surface area contributed by atoms with Crippen LogP contribution in [0.4, 0.5) is 17.6 Å². The largest absolute Gasteiger partial charge is 0.403 e. The average Bonchev–Trinajstić information content (AvgIpc) is 2.86. The van der Waals surface area contributed by atoms with Crippen LogP contribution in [-0.2, 0) is 6.05 Å². The lowest BCUT2D eigenvalue weighted by atomic mass is 10.2. The fourth-order valence-electron chi connectivity index (χ4n) is 1.39. The Morgan fingerprint density at radius 1 is 1.11 bits per heavy atom. The molecule has 1 heterocycles. The molecule has 0 spiro atoms.